The van der Waals surface area contributed by atoms with Crippen LogP contribution in [-0.2, 0) is 34.0 Å². The topological polar surface area (TPSA) is 68.2 Å². The fraction of sp³-hybridized carbons (Fsp3) is 0.286. The quantitative estimate of drug-likeness (QED) is 0.360. The van der Waals surface area contributed by atoms with Gasteiger partial charge in [-0.2, -0.15) is 0 Å². The van der Waals surface area contributed by atoms with Crippen molar-refractivity contribution in [2.75, 3.05) is 6.61 Å². The highest BCUT2D eigenvalue weighted by Gasteiger charge is 2.34. The maximum Gasteiger partial charge on any atom is 0.116 e. The van der Waals surface area contributed by atoms with Gasteiger partial charge >= 0.3 is 0 Å². The fourth-order valence-electron chi connectivity index (χ4n) is 3.45. The van der Waals surface area contributed by atoms with E-state index in [1.807, 2.05) is 91.0 Å². The molecule has 4 atom stereocenters. The van der Waals surface area contributed by atoms with Crippen molar-refractivity contribution in [2.45, 2.75) is 44.2 Å². The summed E-state index contributed by atoms with van der Waals surface area (Å²) in [4.78, 5) is 0. The lowest BCUT2D eigenvalue weighted by molar-refractivity contribution is -0.168. The summed E-state index contributed by atoms with van der Waals surface area (Å²) in [6.45, 7) is 4.62. The molecule has 0 saturated carbocycles. The van der Waals surface area contributed by atoms with Crippen LogP contribution in [0.15, 0.2) is 104 Å². The molecular weight excluding hydrogens is 416 g/mol. The maximum atomic E-state index is 11.0. The predicted molar refractivity (Wildman–Crippen MR) is 128 cm³/mol. The molecule has 5 heteroatoms. The smallest absolute Gasteiger partial charge is 0.116 e. The van der Waals surface area contributed by atoms with Gasteiger partial charge in [0.25, 0.3) is 0 Å². The normalized spacial score (nSPS) is 14.8. The minimum Gasteiger partial charge on any atom is -0.388 e. The van der Waals surface area contributed by atoms with Crippen LogP contribution >= 0.6 is 0 Å². The highest BCUT2D eigenvalue weighted by molar-refractivity contribution is 5.15. The van der Waals surface area contributed by atoms with Gasteiger partial charge in [-0.15, -0.1) is 6.58 Å². The third-order valence-corrected chi connectivity index (χ3v) is 5.25. The van der Waals surface area contributed by atoms with Crippen molar-refractivity contribution in [1.29, 1.82) is 0 Å². The van der Waals surface area contributed by atoms with Gasteiger partial charge in [0.05, 0.1) is 26.4 Å². The Morgan fingerprint density at radius 3 is 1.52 bits per heavy atom. The highest BCUT2D eigenvalue weighted by Crippen LogP contribution is 2.19. The van der Waals surface area contributed by atoms with E-state index in [0.29, 0.717) is 6.61 Å². The first-order valence-electron chi connectivity index (χ1n) is 11.1. The van der Waals surface area contributed by atoms with Crippen LogP contribution in [0.2, 0.25) is 0 Å². The van der Waals surface area contributed by atoms with E-state index in [1.54, 1.807) is 0 Å². The molecule has 3 aromatic carbocycles. The highest BCUT2D eigenvalue weighted by atomic mass is 16.6. The van der Waals surface area contributed by atoms with Gasteiger partial charge in [-0.05, 0) is 16.7 Å². The molecule has 0 aliphatic rings. The first kappa shape index (κ1) is 24.8. The summed E-state index contributed by atoms with van der Waals surface area (Å²) in [7, 11) is 0. The van der Waals surface area contributed by atoms with Crippen LogP contribution in [-0.4, -0.2) is 41.2 Å². The Balaban J connectivity index is 1.70. The Kier molecular flexibility index (Phi) is 10.3. The predicted octanol–water partition coefficient (Wildman–Crippen LogP) is 4.28. The molecule has 0 aromatic heterocycles. The number of ether oxygens (including phenoxy) is 3. The zero-order valence-electron chi connectivity index (χ0n) is 18.7. The summed E-state index contributed by atoms with van der Waals surface area (Å²) in [5, 5.41) is 21.6. The zero-order valence-corrected chi connectivity index (χ0v) is 18.7. The molecule has 0 unspecified atom stereocenters. The largest absolute Gasteiger partial charge is 0.388 e. The van der Waals surface area contributed by atoms with Gasteiger partial charge in [0.2, 0.25) is 0 Å². The van der Waals surface area contributed by atoms with Crippen molar-refractivity contribution < 1.29 is 24.4 Å². The lowest BCUT2D eigenvalue weighted by Crippen LogP contribution is -2.48. The summed E-state index contributed by atoms with van der Waals surface area (Å²) in [6.07, 6.45) is -2.32. The van der Waals surface area contributed by atoms with Crippen LogP contribution in [0.1, 0.15) is 16.7 Å². The number of hydrogen-bond donors (Lipinski definition) is 2. The van der Waals surface area contributed by atoms with Crippen molar-refractivity contribution >= 4 is 0 Å². The van der Waals surface area contributed by atoms with E-state index in [4.69, 9.17) is 14.2 Å². The summed E-state index contributed by atoms with van der Waals surface area (Å²) >= 11 is 0. The van der Waals surface area contributed by atoms with E-state index < -0.39 is 24.4 Å². The standard InChI is InChI=1S/C28H32O5/c1-2-25(29)27(32-19-23-14-8-4-9-15-23)28(33-20-24-16-10-5-11-17-24)26(30)21-31-18-22-12-6-3-7-13-22/h2-17,25-30H,1,18-21H2/t25-,26-,27+,28+/m0/s1. The molecule has 33 heavy (non-hydrogen) atoms. The van der Waals surface area contributed by atoms with E-state index in [-0.39, 0.29) is 19.8 Å². The molecule has 0 aliphatic carbocycles. The molecule has 0 amide bonds. The lowest BCUT2D eigenvalue weighted by atomic mass is 10.0. The molecule has 5 nitrogen and oxygen atoms in total. The van der Waals surface area contributed by atoms with Gasteiger partial charge < -0.3 is 24.4 Å². The Bertz CT molecular complexity index is 917. The van der Waals surface area contributed by atoms with Crippen molar-refractivity contribution in [2.24, 2.45) is 0 Å². The molecule has 0 bridgehead atoms. The summed E-state index contributed by atoms with van der Waals surface area (Å²) < 4.78 is 17.9. The third-order valence-electron chi connectivity index (χ3n) is 5.25. The second kappa shape index (κ2) is 13.7. The SMILES string of the molecule is C=C[C@H](O)[C@@H](OCc1ccccc1)[C@H](OCc1ccccc1)[C@@H](O)COCc1ccccc1. The van der Waals surface area contributed by atoms with Gasteiger partial charge in [-0.1, -0.05) is 97.1 Å². The molecular formula is C28H32O5. The average molecular weight is 449 g/mol. The fourth-order valence-corrected chi connectivity index (χ4v) is 3.45. The zero-order chi connectivity index (χ0) is 23.3. The van der Waals surface area contributed by atoms with Crippen molar-refractivity contribution in [1.82, 2.24) is 0 Å². The van der Waals surface area contributed by atoms with Crippen LogP contribution < -0.4 is 0 Å². The Morgan fingerprint density at radius 1 is 0.636 bits per heavy atom. The second-order valence-corrected chi connectivity index (χ2v) is 7.82. The van der Waals surface area contributed by atoms with E-state index in [0.717, 1.165) is 16.7 Å². The summed E-state index contributed by atoms with van der Waals surface area (Å²) in [5.41, 5.74) is 2.92. The van der Waals surface area contributed by atoms with Gasteiger partial charge in [0, 0.05) is 0 Å². The molecule has 0 fully saturated rings. The molecule has 3 aromatic rings. The third kappa shape index (κ3) is 8.24. The lowest BCUT2D eigenvalue weighted by Gasteiger charge is -2.33. The molecule has 174 valence electrons. The minimum absolute atomic E-state index is 0.0312. The number of aliphatic hydroxyl groups excluding tert-OH is 2. The van der Waals surface area contributed by atoms with E-state index in [9.17, 15) is 10.2 Å². The second-order valence-electron chi connectivity index (χ2n) is 7.82. The van der Waals surface area contributed by atoms with Crippen LogP contribution in [0.5, 0.6) is 0 Å². The summed E-state index contributed by atoms with van der Waals surface area (Å²) in [6, 6.07) is 29.1. The number of rotatable bonds is 14. The molecule has 0 spiro atoms. The average Bonchev–Trinajstić information content (AvgIpc) is 2.87. The van der Waals surface area contributed by atoms with Crippen molar-refractivity contribution in [3.63, 3.8) is 0 Å². The molecule has 0 heterocycles. The molecule has 2 N–H and O–H groups in total. The first-order chi connectivity index (χ1) is 16.2. The maximum absolute atomic E-state index is 11.0. The number of benzene rings is 3. The van der Waals surface area contributed by atoms with Gasteiger partial charge in [0.15, 0.2) is 0 Å². The molecule has 0 saturated heterocycles. The van der Waals surface area contributed by atoms with Crippen molar-refractivity contribution in [3.05, 3.63) is 120 Å². The summed E-state index contributed by atoms with van der Waals surface area (Å²) in [5.74, 6) is 0. The molecule has 0 aliphatic heterocycles. The van der Waals surface area contributed by atoms with Crippen molar-refractivity contribution in [3.8, 4) is 0 Å². The number of hydrogen-bond acceptors (Lipinski definition) is 5. The Morgan fingerprint density at radius 2 is 1.06 bits per heavy atom. The first-order valence-corrected chi connectivity index (χ1v) is 11.1. The van der Waals surface area contributed by atoms with Gasteiger partial charge in [0.1, 0.15) is 24.4 Å². The van der Waals surface area contributed by atoms with Crippen LogP contribution in [0.4, 0.5) is 0 Å². The van der Waals surface area contributed by atoms with Crippen LogP contribution in [0.3, 0.4) is 0 Å². The van der Waals surface area contributed by atoms with E-state index in [1.165, 1.54) is 6.08 Å². The molecule has 0 radical (unpaired) electrons. The van der Waals surface area contributed by atoms with Gasteiger partial charge in [-0.3, -0.25) is 0 Å². The molecule has 3 rings (SSSR count). The Hall–Kier alpha value is -2.80. The monoisotopic (exact) mass is 448 g/mol. The van der Waals surface area contributed by atoms with Gasteiger partial charge in [-0.25, -0.2) is 0 Å². The minimum atomic E-state index is -1.03. The number of aliphatic hydroxyl groups is 2. The Labute approximate surface area is 195 Å². The van der Waals surface area contributed by atoms with E-state index in [2.05, 4.69) is 6.58 Å². The van der Waals surface area contributed by atoms with Crippen LogP contribution in [0, 0.1) is 0 Å². The van der Waals surface area contributed by atoms with E-state index >= 15 is 0 Å². The van der Waals surface area contributed by atoms with Crippen LogP contribution in [0.25, 0.3) is 0 Å².